The van der Waals surface area contributed by atoms with Gasteiger partial charge in [-0.1, -0.05) is 15.9 Å². The minimum atomic E-state index is 0.990. The second kappa shape index (κ2) is 4.70. The maximum absolute atomic E-state index is 5.50. The lowest BCUT2D eigenvalue weighted by Gasteiger charge is -2.04. The zero-order valence-electron chi connectivity index (χ0n) is 8.41. The quantitative estimate of drug-likeness (QED) is 0.650. The summed E-state index contributed by atoms with van der Waals surface area (Å²) in [4.78, 5) is 0. The van der Waals surface area contributed by atoms with Crippen molar-refractivity contribution in [3.05, 3.63) is 17.1 Å². The first-order valence-electron chi connectivity index (χ1n) is 4.53. The summed E-state index contributed by atoms with van der Waals surface area (Å²) in [5.74, 6) is 2.00. The summed E-state index contributed by atoms with van der Waals surface area (Å²) < 4.78 is 5.50. The Hall–Kier alpha value is -0.440. The number of furan rings is 1. The normalized spacial score (nSPS) is 10.5. The molecule has 0 bridgehead atoms. The highest BCUT2D eigenvalue weighted by Crippen LogP contribution is 2.25. The molecule has 74 valence electrons. The summed E-state index contributed by atoms with van der Waals surface area (Å²) in [7, 11) is 0. The molecule has 0 saturated carbocycles. The summed E-state index contributed by atoms with van der Waals surface area (Å²) in [6.07, 6.45) is 1.13. The van der Waals surface area contributed by atoms with Gasteiger partial charge in [0.15, 0.2) is 0 Å². The van der Waals surface area contributed by atoms with Gasteiger partial charge in [0.1, 0.15) is 11.5 Å². The van der Waals surface area contributed by atoms with Crippen LogP contribution in [0.3, 0.4) is 0 Å². The molecule has 0 unspecified atom stereocenters. The number of hydrogen-bond donors (Lipinski definition) is 1. The smallest absolute Gasteiger partial charge is 0.124 e. The van der Waals surface area contributed by atoms with Crippen LogP contribution in [-0.4, -0.2) is 11.9 Å². The Labute approximate surface area is 87.8 Å². The van der Waals surface area contributed by atoms with Crippen molar-refractivity contribution in [3.63, 3.8) is 0 Å². The summed E-state index contributed by atoms with van der Waals surface area (Å²) in [5.41, 5.74) is 2.39. The first kappa shape index (κ1) is 10.6. The number of alkyl halides is 1. The van der Waals surface area contributed by atoms with E-state index in [1.54, 1.807) is 0 Å². The number of hydrogen-bond acceptors (Lipinski definition) is 2. The SMILES string of the molecule is Cc1oc(C)c(NCCCBr)c1C. The zero-order chi connectivity index (χ0) is 9.84. The molecule has 1 aromatic rings. The Morgan fingerprint density at radius 2 is 1.92 bits per heavy atom. The molecule has 1 aromatic heterocycles. The second-order valence-electron chi connectivity index (χ2n) is 3.18. The van der Waals surface area contributed by atoms with Crippen LogP contribution in [-0.2, 0) is 0 Å². The molecular formula is C10H16BrNO. The number of halogens is 1. The minimum Gasteiger partial charge on any atom is -0.464 e. The van der Waals surface area contributed by atoms with E-state index in [4.69, 9.17) is 4.42 Å². The van der Waals surface area contributed by atoms with E-state index in [0.29, 0.717) is 0 Å². The number of rotatable bonds is 4. The third-order valence-electron chi connectivity index (χ3n) is 2.17. The van der Waals surface area contributed by atoms with Crippen molar-refractivity contribution in [2.75, 3.05) is 17.2 Å². The molecule has 3 heteroatoms. The maximum Gasteiger partial charge on any atom is 0.124 e. The highest BCUT2D eigenvalue weighted by atomic mass is 79.9. The van der Waals surface area contributed by atoms with Gasteiger partial charge in [-0.2, -0.15) is 0 Å². The highest BCUT2D eigenvalue weighted by molar-refractivity contribution is 9.09. The van der Waals surface area contributed by atoms with E-state index < -0.39 is 0 Å². The molecule has 0 spiro atoms. The standard InChI is InChI=1S/C10H16BrNO/c1-7-8(2)13-9(3)10(7)12-6-4-5-11/h12H,4-6H2,1-3H3. The van der Waals surface area contributed by atoms with Crippen molar-refractivity contribution >= 4 is 21.6 Å². The lowest BCUT2D eigenvalue weighted by molar-refractivity contribution is 0.503. The van der Waals surface area contributed by atoms with Crippen molar-refractivity contribution in [1.82, 2.24) is 0 Å². The van der Waals surface area contributed by atoms with Crippen LogP contribution < -0.4 is 5.32 Å². The summed E-state index contributed by atoms with van der Waals surface area (Å²) in [5, 5.41) is 4.42. The van der Waals surface area contributed by atoms with E-state index in [-0.39, 0.29) is 0 Å². The van der Waals surface area contributed by atoms with Crippen molar-refractivity contribution in [1.29, 1.82) is 0 Å². The van der Waals surface area contributed by atoms with Gasteiger partial charge in [-0.05, 0) is 27.2 Å². The predicted octanol–water partition coefficient (Wildman–Crippen LogP) is 3.40. The molecule has 0 radical (unpaired) electrons. The van der Waals surface area contributed by atoms with Crippen LogP contribution in [0.15, 0.2) is 4.42 Å². The Kier molecular flexibility index (Phi) is 3.85. The molecule has 2 nitrogen and oxygen atoms in total. The van der Waals surface area contributed by atoms with E-state index in [0.717, 1.165) is 29.8 Å². The lowest BCUT2D eigenvalue weighted by atomic mass is 10.2. The van der Waals surface area contributed by atoms with Crippen molar-refractivity contribution in [3.8, 4) is 0 Å². The first-order chi connectivity index (χ1) is 6.16. The monoisotopic (exact) mass is 245 g/mol. The van der Waals surface area contributed by atoms with E-state index in [1.165, 1.54) is 11.3 Å². The van der Waals surface area contributed by atoms with E-state index in [9.17, 15) is 0 Å². The molecule has 0 atom stereocenters. The van der Waals surface area contributed by atoms with Gasteiger partial charge in [0.05, 0.1) is 5.69 Å². The van der Waals surface area contributed by atoms with Crippen molar-refractivity contribution in [2.45, 2.75) is 27.2 Å². The number of nitrogens with one attached hydrogen (secondary N) is 1. The molecule has 1 N–H and O–H groups in total. The van der Waals surface area contributed by atoms with Gasteiger partial charge in [-0.3, -0.25) is 0 Å². The van der Waals surface area contributed by atoms with Crippen molar-refractivity contribution in [2.24, 2.45) is 0 Å². The van der Waals surface area contributed by atoms with Crippen LogP contribution in [0.2, 0.25) is 0 Å². The highest BCUT2D eigenvalue weighted by Gasteiger charge is 2.09. The van der Waals surface area contributed by atoms with Gasteiger partial charge in [0.2, 0.25) is 0 Å². The average Bonchev–Trinajstić information content (AvgIpc) is 2.32. The average molecular weight is 246 g/mol. The number of aryl methyl sites for hydroxylation is 2. The molecule has 1 rings (SSSR count). The van der Waals surface area contributed by atoms with Crippen LogP contribution in [0, 0.1) is 20.8 Å². The van der Waals surface area contributed by atoms with Gasteiger partial charge in [-0.15, -0.1) is 0 Å². The Balaban J connectivity index is 2.64. The van der Waals surface area contributed by atoms with Gasteiger partial charge in [-0.25, -0.2) is 0 Å². The third kappa shape index (κ3) is 2.50. The lowest BCUT2D eigenvalue weighted by Crippen LogP contribution is -2.03. The molecule has 0 aromatic carbocycles. The fraction of sp³-hybridized carbons (Fsp3) is 0.600. The second-order valence-corrected chi connectivity index (χ2v) is 3.98. The Bertz CT molecular complexity index is 281. The van der Waals surface area contributed by atoms with Crippen LogP contribution in [0.1, 0.15) is 23.5 Å². The molecule has 1 heterocycles. The molecule has 0 aliphatic rings. The fourth-order valence-corrected chi connectivity index (χ4v) is 1.61. The summed E-state index contributed by atoms with van der Waals surface area (Å²) in [6.45, 7) is 7.07. The largest absolute Gasteiger partial charge is 0.464 e. The summed E-state index contributed by atoms with van der Waals surface area (Å²) >= 11 is 3.40. The van der Waals surface area contributed by atoms with Gasteiger partial charge < -0.3 is 9.73 Å². The minimum absolute atomic E-state index is 0.990. The van der Waals surface area contributed by atoms with Gasteiger partial charge in [0.25, 0.3) is 0 Å². The molecule has 0 aliphatic heterocycles. The van der Waals surface area contributed by atoms with Crippen LogP contribution in [0.5, 0.6) is 0 Å². The molecular weight excluding hydrogens is 230 g/mol. The Morgan fingerprint density at radius 3 is 2.38 bits per heavy atom. The fourth-order valence-electron chi connectivity index (χ4n) is 1.33. The maximum atomic E-state index is 5.50. The van der Waals surface area contributed by atoms with Crippen LogP contribution in [0.25, 0.3) is 0 Å². The third-order valence-corrected chi connectivity index (χ3v) is 2.73. The van der Waals surface area contributed by atoms with Crippen LogP contribution in [0.4, 0.5) is 5.69 Å². The zero-order valence-corrected chi connectivity index (χ0v) is 9.99. The van der Waals surface area contributed by atoms with E-state index in [1.807, 2.05) is 13.8 Å². The summed E-state index contributed by atoms with van der Waals surface area (Å²) in [6, 6.07) is 0. The molecule has 0 fully saturated rings. The van der Waals surface area contributed by atoms with E-state index in [2.05, 4.69) is 28.2 Å². The number of anilines is 1. The first-order valence-corrected chi connectivity index (χ1v) is 5.65. The molecule has 0 amide bonds. The molecule has 0 aliphatic carbocycles. The molecule has 13 heavy (non-hydrogen) atoms. The van der Waals surface area contributed by atoms with Crippen molar-refractivity contribution < 1.29 is 4.42 Å². The molecule has 0 saturated heterocycles. The van der Waals surface area contributed by atoms with Gasteiger partial charge in [0, 0.05) is 17.4 Å². The van der Waals surface area contributed by atoms with E-state index >= 15 is 0 Å². The Morgan fingerprint density at radius 1 is 1.23 bits per heavy atom. The van der Waals surface area contributed by atoms with Gasteiger partial charge >= 0.3 is 0 Å². The topological polar surface area (TPSA) is 25.2 Å². The van der Waals surface area contributed by atoms with Crippen LogP contribution >= 0.6 is 15.9 Å². The predicted molar refractivity (Wildman–Crippen MR) is 59.8 cm³/mol.